The van der Waals surface area contributed by atoms with Crippen molar-refractivity contribution in [2.24, 2.45) is 0 Å². The van der Waals surface area contributed by atoms with E-state index in [2.05, 4.69) is 23.7 Å². The summed E-state index contributed by atoms with van der Waals surface area (Å²) in [7, 11) is 0. The molecular formula is C15H21NO2S. The lowest BCUT2D eigenvalue weighted by molar-refractivity contribution is 0.297. The van der Waals surface area contributed by atoms with Crippen molar-refractivity contribution in [1.29, 1.82) is 0 Å². The molecule has 0 spiro atoms. The fourth-order valence-corrected chi connectivity index (χ4v) is 3.10. The molecule has 0 bridgehead atoms. The number of nitrogens with one attached hydrogen (secondary N) is 1. The average Bonchev–Trinajstić information content (AvgIpc) is 3.22. The summed E-state index contributed by atoms with van der Waals surface area (Å²) >= 11 is 1.99. The van der Waals surface area contributed by atoms with E-state index < -0.39 is 0 Å². The second-order valence-corrected chi connectivity index (χ2v) is 6.60. The molecule has 1 N–H and O–H groups in total. The molecule has 3 nitrogen and oxygen atoms in total. The number of fused-ring (bicyclic) bond motifs is 1. The van der Waals surface area contributed by atoms with Crippen LogP contribution < -0.4 is 14.8 Å². The van der Waals surface area contributed by atoms with Crippen LogP contribution in [0.5, 0.6) is 11.5 Å². The maximum Gasteiger partial charge on any atom is 0.161 e. The van der Waals surface area contributed by atoms with E-state index in [1.807, 2.05) is 17.8 Å². The number of thioether (sulfide) groups is 1. The Kier molecular flexibility index (Phi) is 3.89. The van der Waals surface area contributed by atoms with Gasteiger partial charge in [-0.1, -0.05) is 6.07 Å². The minimum absolute atomic E-state index is 0.519. The molecule has 4 heteroatoms. The van der Waals surface area contributed by atoms with Gasteiger partial charge < -0.3 is 14.8 Å². The van der Waals surface area contributed by atoms with E-state index in [0.29, 0.717) is 4.75 Å². The Morgan fingerprint density at radius 2 is 2.00 bits per heavy atom. The van der Waals surface area contributed by atoms with Crippen molar-refractivity contribution in [3.63, 3.8) is 0 Å². The number of ether oxygens (including phenoxy) is 2. The van der Waals surface area contributed by atoms with Gasteiger partial charge in [-0.2, -0.15) is 11.8 Å². The Balaban J connectivity index is 1.57. The van der Waals surface area contributed by atoms with Gasteiger partial charge in [0, 0.05) is 24.3 Å². The van der Waals surface area contributed by atoms with Gasteiger partial charge in [0.05, 0.1) is 13.2 Å². The van der Waals surface area contributed by atoms with Crippen LogP contribution in [0.3, 0.4) is 0 Å². The first kappa shape index (κ1) is 13.1. The standard InChI is InChI=1S/C15H21NO2S/c1-19-15(5-6-15)11-16-10-12-3-4-13-14(9-12)18-8-2-7-17-13/h3-4,9,16H,2,5-8,10-11H2,1H3. The molecule has 1 aromatic rings. The van der Waals surface area contributed by atoms with Crippen molar-refractivity contribution in [3.8, 4) is 11.5 Å². The van der Waals surface area contributed by atoms with E-state index >= 15 is 0 Å². The minimum Gasteiger partial charge on any atom is -0.490 e. The molecule has 0 radical (unpaired) electrons. The molecule has 1 fully saturated rings. The molecule has 1 heterocycles. The van der Waals surface area contributed by atoms with Crippen LogP contribution in [0.1, 0.15) is 24.8 Å². The van der Waals surface area contributed by atoms with Crippen LogP contribution in [-0.4, -0.2) is 30.8 Å². The van der Waals surface area contributed by atoms with Crippen molar-refractivity contribution < 1.29 is 9.47 Å². The molecule has 1 aromatic carbocycles. The molecule has 19 heavy (non-hydrogen) atoms. The zero-order chi connectivity index (χ0) is 13.1. The second kappa shape index (κ2) is 5.63. The Bertz CT molecular complexity index is 446. The monoisotopic (exact) mass is 279 g/mol. The first-order chi connectivity index (χ1) is 9.31. The molecule has 0 atom stereocenters. The molecule has 1 aliphatic carbocycles. The maximum atomic E-state index is 5.71. The Morgan fingerprint density at radius 1 is 1.21 bits per heavy atom. The third-order valence-corrected chi connectivity index (χ3v) is 5.25. The zero-order valence-electron chi connectivity index (χ0n) is 11.4. The van der Waals surface area contributed by atoms with Gasteiger partial charge in [0.15, 0.2) is 11.5 Å². The van der Waals surface area contributed by atoms with Crippen LogP contribution in [0.25, 0.3) is 0 Å². The fourth-order valence-electron chi connectivity index (χ4n) is 2.34. The van der Waals surface area contributed by atoms with E-state index in [0.717, 1.165) is 44.2 Å². The van der Waals surface area contributed by atoms with Crippen molar-refractivity contribution in [1.82, 2.24) is 5.32 Å². The number of hydrogen-bond acceptors (Lipinski definition) is 4. The third-order valence-electron chi connectivity index (χ3n) is 3.83. The van der Waals surface area contributed by atoms with Gasteiger partial charge in [0.1, 0.15) is 0 Å². The maximum absolute atomic E-state index is 5.71. The summed E-state index contributed by atoms with van der Waals surface area (Å²) in [4.78, 5) is 0. The van der Waals surface area contributed by atoms with E-state index in [1.165, 1.54) is 18.4 Å². The fraction of sp³-hybridized carbons (Fsp3) is 0.600. The van der Waals surface area contributed by atoms with Crippen LogP contribution >= 0.6 is 11.8 Å². The summed E-state index contributed by atoms with van der Waals surface area (Å²) in [6, 6.07) is 6.25. The predicted molar refractivity (Wildman–Crippen MR) is 79.2 cm³/mol. The lowest BCUT2D eigenvalue weighted by Gasteiger charge is -2.14. The number of rotatable bonds is 5. The van der Waals surface area contributed by atoms with E-state index in [-0.39, 0.29) is 0 Å². The molecule has 1 aliphatic heterocycles. The largest absolute Gasteiger partial charge is 0.490 e. The van der Waals surface area contributed by atoms with Crippen molar-refractivity contribution in [2.75, 3.05) is 26.0 Å². The highest BCUT2D eigenvalue weighted by atomic mass is 32.2. The minimum atomic E-state index is 0.519. The van der Waals surface area contributed by atoms with Gasteiger partial charge in [-0.05, 0) is 36.8 Å². The summed E-state index contributed by atoms with van der Waals surface area (Å²) in [5, 5.41) is 3.56. The summed E-state index contributed by atoms with van der Waals surface area (Å²) in [5.41, 5.74) is 1.26. The SMILES string of the molecule is CSC1(CNCc2ccc3c(c2)OCCCO3)CC1. The normalized spacial score (nSPS) is 19.8. The topological polar surface area (TPSA) is 30.5 Å². The predicted octanol–water partition coefficient (Wildman–Crippen LogP) is 2.83. The second-order valence-electron chi connectivity index (χ2n) is 5.32. The summed E-state index contributed by atoms with van der Waals surface area (Å²) in [5.74, 6) is 1.77. The van der Waals surface area contributed by atoms with Crippen molar-refractivity contribution in [3.05, 3.63) is 23.8 Å². The van der Waals surface area contributed by atoms with Crippen LogP contribution in [0.15, 0.2) is 18.2 Å². The van der Waals surface area contributed by atoms with Crippen molar-refractivity contribution in [2.45, 2.75) is 30.6 Å². The number of benzene rings is 1. The number of hydrogen-bond donors (Lipinski definition) is 1. The first-order valence-corrected chi connectivity index (χ1v) is 8.18. The lowest BCUT2D eigenvalue weighted by Crippen LogP contribution is -2.25. The molecule has 2 aliphatic rings. The van der Waals surface area contributed by atoms with Crippen molar-refractivity contribution >= 4 is 11.8 Å². The Morgan fingerprint density at radius 3 is 2.74 bits per heavy atom. The Hall–Kier alpha value is -0.870. The van der Waals surface area contributed by atoms with Gasteiger partial charge in [-0.3, -0.25) is 0 Å². The molecule has 0 unspecified atom stereocenters. The molecular weight excluding hydrogens is 258 g/mol. The van der Waals surface area contributed by atoms with Gasteiger partial charge in [0.25, 0.3) is 0 Å². The average molecular weight is 279 g/mol. The molecule has 3 rings (SSSR count). The van der Waals surface area contributed by atoms with Crippen LogP contribution in [0, 0.1) is 0 Å². The van der Waals surface area contributed by atoms with Crippen LogP contribution in [0.2, 0.25) is 0 Å². The van der Waals surface area contributed by atoms with Crippen LogP contribution in [-0.2, 0) is 6.54 Å². The van der Waals surface area contributed by atoms with Gasteiger partial charge in [-0.15, -0.1) is 0 Å². The molecule has 1 saturated carbocycles. The first-order valence-electron chi connectivity index (χ1n) is 6.96. The van der Waals surface area contributed by atoms with E-state index in [4.69, 9.17) is 9.47 Å². The molecule has 104 valence electrons. The molecule has 0 amide bonds. The lowest BCUT2D eigenvalue weighted by atomic mass is 10.2. The zero-order valence-corrected chi connectivity index (χ0v) is 12.2. The highest BCUT2D eigenvalue weighted by molar-refractivity contribution is 8.00. The highest BCUT2D eigenvalue weighted by Gasteiger charge is 2.41. The third kappa shape index (κ3) is 3.18. The van der Waals surface area contributed by atoms with Gasteiger partial charge in [-0.25, -0.2) is 0 Å². The smallest absolute Gasteiger partial charge is 0.161 e. The van der Waals surface area contributed by atoms with E-state index in [1.54, 1.807) is 0 Å². The molecule has 0 aromatic heterocycles. The van der Waals surface area contributed by atoms with E-state index in [9.17, 15) is 0 Å². The highest BCUT2D eigenvalue weighted by Crippen LogP contribution is 2.46. The van der Waals surface area contributed by atoms with Gasteiger partial charge in [0.2, 0.25) is 0 Å². The van der Waals surface area contributed by atoms with Crippen LogP contribution in [0.4, 0.5) is 0 Å². The molecule has 0 saturated heterocycles. The summed E-state index contributed by atoms with van der Waals surface area (Å²) in [6.45, 7) is 3.50. The summed E-state index contributed by atoms with van der Waals surface area (Å²) < 4.78 is 11.9. The summed E-state index contributed by atoms with van der Waals surface area (Å²) in [6.07, 6.45) is 5.87. The van der Waals surface area contributed by atoms with Gasteiger partial charge >= 0.3 is 0 Å². The Labute approximate surface area is 119 Å². The quantitative estimate of drug-likeness (QED) is 0.898.